The minimum absolute atomic E-state index is 0.219. The minimum Gasteiger partial charge on any atom is -0.463 e. The number of nitrogens with zero attached hydrogens (tertiary/aromatic N) is 1. The Bertz CT molecular complexity index is 2010. The van der Waals surface area contributed by atoms with Gasteiger partial charge in [0.15, 0.2) is 0 Å². The third-order valence-corrected chi connectivity index (χ3v) is 9.49. The van der Waals surface area contributed by atoms with Crippen LogP contribution in [0.3, 0.4) is 0 Å². The van der Waals surface area contributed by atoms with Gasteiger partial charge in [0.1, 0.15) is 11.5 Å². The number of dihydropyridines is 1. The molecule has 50 heavy (non-hydrogen) atoms. The van der Waals surface area contributed by atoms with E-state index in [1.807, 2.05) is 51.1 Å². The van der Waals surface area contributed by atoms with Gasteiger partial charge in [0.2, 0.25) is 5.91 Å². The number of hydrogen-bond acceptors (Lipinski definition) is 7. The molecule has 1 aromatic heterocycles. The topological polar surface area (TPSA) is 105 Å². The fourth-order valence-electron chi connectivity index (χ4n) is 7.12. The molecule has 2 heterocycles. The summed E-state index contributed by atoms with van der Waals surface area (Å²) < 4.78 is 11.2. The van der Waals surface area contributed by atoms with Crippen LogP contribution >= 0.6 is 0 Å². The Balaban J connectivity index is 1.07. The highest BCUT2D eigenvalue weighted by atomic mass is 16.5. The minimum atomic E-state index is -0.707. The van der Waals surface area contributed by atoms with E-state index in [1.165, 1.54) is 27.1 Å². The zero-order valence-electron chi connectivity index (χ0n) is 29.4. The number of esters is 1. The van der Waals surface area contributed by atoms with Gasteiger partial charge in [0.05, 0.1) is 18.1 Å². The van der Waals surface area contributed by atoms with Gasteiger partial charge in [-0.15, -0.1) is 0 Å². The van der Waals surface area contributed by atoms with E-state index in [9.17, 15) is 9.59 Å². The molecule has 3 N–H and O–H groups in total. The predicted molar refractivity (Wildman–Crippen MR) is 199 cm³/mol. The number of hydrogen-bond donors (Lipinski definition) is 3. The van der Waals surface area contributed by atoms with Gasteiger partial charge in [0, 0.05) is 41.2 Å². The summed E-state index contributed by atoms with van der Waals surface area (Å²) in [5, 5.41) is 19.6. The highest BCUT2D eigenvalue weighted by Crippen LogP contribution is 2.44. The maximum atomic E-state index is 14.0. The molecule has 1 unspecified atom stereocenters. The van der Waals surface area contributed by atoms with Crippen molar-refractivity contribution in [1.82, 2.24) is 21.1 Å². The summed E-state index contributed by atoms with van der Waals surface area (Å²) in [6, 6.07) is 29.1. The Morgan fingerprint density at radius 1 is 0.800 bits per heavy atom. The molecule has 1 atom stereocenters. The van der Waals surface area contributed by atoms with E-state index < -0.39 is 11.9 Å². The molecular weight excluding hydrogens is 624 g/mol. The van der Waals surface area contributed by atoms with Crippen molar-refractivity contribution in [2.24, 2.45) is 0 Å². The maximum absolute atomic E-state index is 14.0. The van der Waals surface area contributed by atoms with Crippen LogP contribution in [0.2, 0.25) is 0 Å². The van der Waals surface area contributed by atoms with E-state index in [0.29, 0.717) is 46.1 Å². The second-order valence-corrected chi connectivity index (χ2v) is 12.9. The normalized spacial score (nSPS) is 14.7. The van der Waals surface area contributed by atoms with Crippen molar-refractivity contribution < 1.29 is 18.8 Å². The largest absolute Gasteiger partial charge is 0.463 e. The molecule has 1 amide bonds. The first-order valence-corrected chi connectivity index (χ1v) is 17.6. The van der Waals surface area contributed by atoms with Crippen molar-refractivity contribution in [3.63, 3.8) is 0 Å². The number of unbranched alkanes of at least 4 members (excludes halogenated alkanes) is 3. The van der Waals surface area contributed by atoms with Crippen LogP contribution in [-0.4, -0.2) is 36.7 Å². The number of benzene rings is 4. The van der Waals surface area contributed by atoms with Gasteiger partial charge in [-0.1, -0.05) is 96.9 Å². The van der Waals surface area contributed by atoms with E-state index in [2.05, 4.69) is 75.7 Å². The molecule has 0 saturated heterocycles. The van der Waals surface area contributed by atoms with Crippen LogP contribution < -0.4 is 16.0 Å². The molecule has 0 radical (unpaired) electrons. The summed E-state index contributed by atoms with van der Waals surface area (Å²) in [5.74, 6) is -0.854. The summed E-state index contributed by atoms with van der Waals surface area (Å²) in [5.41, 5.74) is 5.65. The number of amides is 1. The molecule has 5 aromatic rings. The van der Waals surface area contributed by atoms with Crippen molar-refractivity contribution >= 4 is 33.4 Å². The number of fused-ring (bicyclic) bond motifs is 2. The number of carbonyl (C=O) groups excluding carboxylic acids is 2. The Hall–Kier alpha value is -5.21. The number of rotatable bonds is 14. The quantitative estimate of drug-likeness (QED) is 0.0621. The molecule has 0 spiro atoms. The lowest BCUT2D eigenvalue weighted by Crippen LogP contribution is -2.37. The second kappa shape index (κ2) is 16.0. The fraction of sp³-hybridized carbons (Fsp3) is 0.310. The Kier molecular flexibility index (Phi) is 11.1. The maximum Gasteiger partial charge on any atom is 0.336 e. The summed E-state index contributed by atoms with van der Waals surface area (Å²) in [7, 11) is 0. The van der Waals surface area contributed by atoms with E-state index in [1.54, 1.807) is 6.92 Å². The molecule has 0 bridgehead atoms. The van der Waals surface area contributed by atoms with Gasteiger partial charge in [-0.2, -0.15) is 0 Å². The molecule has 8 nitrogen and oxygen atoms in total. The first-order valence-electron chi connectivity index (χ1n) is 17.6. The highest BCUT2D eigenvalue weighted by molar-refractivity contribution is 6.03. The Morgan fingerprint density at radius 2 is 1.42 bits per heavy atom. The number of allylic oxidation sites excluding steroid dienone is 2. The number of nitrogens with one attached hydrogen (secondary N) is 3. The first-order chi connectivity index (χ1) is 24.4. The average molecular weight is 671 g/mol. The van der Waals surface area contributed by atoms with Crippen molar-refractivity contribution in [2.75, 3.05) is 19.7 Å². The molecule has 1 aliphatic heterocycles. The predicted octanol–water partition coefficient (Wildman–Crippen LogP) is 8.22. The number of carbonyl (C=O) groups is 2. The second-order valence-electron chi connectivity index (χ2n) is 12.9. The molecule has 258 valence electrons. The summed E-state index contributed by atoms with van der Waals surface area (Å²) in [6.07, 6.45) is 3.95. The van der Waals surface area contributed by atoms with Crippen LogP contribution in [-0.2, 0) is 20.9 Å². The summed E-state index contributed by atoms with van der Waals surface area (Å²) in [4.78, 5) is 27.4. The third kappa shape index (κ3) is 7.36. The van der Waals surface area contributed by atoms with Crippen LogP contribution in [0.1, 0.15) is 69.3 Å². The van der Waals surface area contributed by atoms with Crippen LogP contribution in [0.15, 0.2) is 112 Å². The van der Waals surface area contributed by atoms with Gasteiger partial charge in [0.25, 0.3) is 0 Å². The van der Waals surface area contributed by atoms with E-state index >= 15 is 0 Å². The molecular formula is C42H46N4O4. The molecule has 8 heteroatoms. The van der Waals surface area contributed by atoms with Gasteiger partial charge in [-0.3, -0.25) is 4.79 Å². The van der Waals surface area contributed by atoms with Crippen LogP contribution in [0, 0.1) is 6.92 Å². The van der Waals surface area contributed by atoms with Gasteiger partial charge >= 0.3 is 5.97 Å². The zero-order chi connectivity index (χ0) is 35.0. The van der Waals surface area contributed by atoms with Gasteiger partial charge in [-0.25, -0.2) is 4.79 Å². The van der Waals surface area contributed by atoms with Gasteiger partial charge < -0.3 is 25.2 Å². The molecule has 0 aliphatic carbocycles. The van der Waals surface area contributed by atoms with E-state index in [0.717, 1.165) is 44.3 Å². The molecule has 0 saturated carbocycles. The number of ether oxygens (including phenoxy) is 1. The number of aryl methyl sites for hydroxylation is 1. The van der Waals surface area contributed by atoms with Crippen LogP contribution in [0.5, 0.6) is 0 Å². The van der Waals surface area contributed by atoms with Crippen molar-refractivity contribution in [3.8, 4) is 11.3 Å². The molecule has 6 rings (SSSR count). The molecule has 4 aromatic carbocycles. The van der Waals surface area contributed by atoms with Crippen LogP contribution in [0.4, 0.5) is 0 Å². The summed E-state index contributed by atoms with van der Waals surface area (Å²) >= 11 is 0. The van der Waals surface area contributed by atoms with Crippen molar-refractivity contribution in [3.05, 3.63) is 124 Å². The van der Waals surface area contributed by atoms with Crippen LogP contribution in [0.25, 0.3) is 32.8 Å². The van der Waals surface area contributed by atoms with E-state index in [-0.39, 0.29) is 12.5 Å². The lowest BCUT2D eigenvalue weighted by molar-refractivity contribution is -0.138. The average Bonchev–Trinajstić information content (AvgIpc) is 3.51. The Labute approximate surface area is 294 Å². The standard InChI is InChI=1S/C42H46N4O4/c1-5-49-42(48)37-28(3)45-27(2)36(39(37)38-29(4)50-46-40(38)30-17-9-8-10-18-30)41(47)44-24-16-7-6-15-23-43-26-35-33-21-13-11-19-31(33)25-32-20-12-14-22-34(32)35/h8-14,17-22,25,39,43,45H,5-7,15-16,23-24,26H2,1-4H3,(H,44,47). The van der Waals surface area contributed by atoms with E-state index in [4.69, 9.17) is 9.26 Å². The zero-order valence-corrected chi connectivity index (χ0v) is 29.4. The number of aromatic nitrogens is 1. The monoisotopic (exact) mass is 670 g/mol. The fourth-order valence-corrected chi connectivity index (χ4v) is 7.12. The first kappa shape index (κ1) is 34.6. The smallest absolute Gasteiger partial charge is 0.336 e. The SMILES string of the molecule is CCOC(=O)C1=C(C)NC(C)=C(C(=O)NCCCCCCNCc2c3ccccc3cc3ccccc23)C1c1c(-c2ccccc2)noc1C. The summed E-state index contributed by atoms with van der Waals surface area (Å²) in [6.45, 7) is 9.79. The molecule has 0 fully saturated rings. The molecule has 1 aliphatic rings. The third-order valence-electron chi connectivity index (χ3n) is 9.49. The van der Waals surface area contributed by atoms with Gasteiger partial charge in [-0.05, 0) is 80.3 Å². The lowest BCUT2D eigenvalue weighted by Gasteiger charge is -2.31. The highest BCUT2D eigenvalue weighted by Gasteiger charge is 2.40. The van der Waals surface area contributed by atoms with Crippen molar-refractivity contribution in [2.45, 2.75) is 65.8 Å². The lowest BCUT2D eigenvalue weighted by atomic mass is 9.78. The van der Waals surface area contributed by atoms with Crippen molar-refractivity contribution in [1.29, 1.82) is 0 Å². The Morgan fingerprint density at radius 3 is 2.10 bits per heavy atom.